The van der Waals surface area contributed by atoms with Crippen LogP contribution in [0.5, 0.6) is 11.5 Å². The highest BCUT2D eigenvalue weighted by atomic mass is 16.5. The van der Waals surface area contributed by atoms with Crippen LogP contribution in [0.1, 0.15) is 38.7 Å². The van der Waals surface area contributed by atoms with Crippen molar-refractivity contribution < 1.29 is 14.6 Å². The molecule has 1 unspecified atom stereocenters. The molecule has 0 spiro atoms. The Morgan fingerprint density at radius 1 is 1.53 bits per heavy atom. The second kappa shape index (κ2) is 4.82. The Balaban J connectivity index is 2.99. The number of aromatic hydroxyl groups is 1. The van der Waals surface area contributed by atoms with Crippen LogP contribution in [-0.4, -0.2) is 11.1 Å². The lowest BCUT2D eigenvalue weighted by Gasteiger charge is -2.11. The van der Waals surface area contributed by atoms with Gasteiger partial charge in [0.15, 0.2) is 11.5 Å². The summed E-state index contributed by atoms with van der Waals surface area (Å²) in [6.45, 7) is 5.49. The summed E-state index contributed by atoms with van der Waals surface area (Å²) >= 11 is 0. The quantitative estimate of drug-likeness (QED) is 0.613. The zero-order valence-electron chi connectivity index (χ0n) is 9.28. The molecule has 0 saturated heterocycles. The maximum atomic E-state index is 10.8. The average molecular weight is 208 g/mol. The third-order valence-corrected chi connectivity index (χ3v) is 2.42. The molecule has 1 aromatic carbocycles. The zero-order chi connectivity index (χ0) is 11.4. The second-order valence-corrected chi connectivity index (χ2v) is 3.63. The van der Waals surface area contributed by atoms with E-state index in [1.807, 2.05) is 6.07 Å². The van der Waals surface area contributed by atoms with Crippen molar-refractivity contribution in [2.45, 2.75) is 33.1 Å². The molecule has 0 bridgehead atoms. The number of benzene rings is 1. The molecule has 0 fully saturated rings. The van der Waals surface area contributed by atoms with Crippen molar-refractivity contribution in [2.75, 3.05) is 0 Å². The number of hydrogen-bond donors (Lipinski definition) is 1. The molecule has 0 saturated carbocycles. The van der Waals surface area contributed by atoms with E-state index in [1.165, 1.54) is 6.92 Å². The summed E-state index contributed by atoms with van der Waals surface area (Å²) in [5.41, 5.74) is 1.06. The van der Waals surface area contributed by atoms with E-state index in [-0.39, 0.29) is 11.5 Å². The van der Waals surface area contributed by atoms with Crippen LogP contribution < -0.4 is 4.74 Å². The average Bonchev–Trinajstić information content (AvgIpc) is 2.19. The van der Waals surface area contributed by atoms with Gasteiger partial charge in [-0.2, -0.15) is 0 Å². The number of hydrogen-bond acceptors (Lipinski definition) is 3. The molecule has 3 nitrogen and oxygen atoms in total. The first kappa shape index (κ1) is 11.6. The fraction of sp³-hybridized carbons (Fsp3) is 0.417. The number of carbonyl (C=O) groups is 1. The first-order valence-corrected chi connectivity index (χ1v) is 5.06. The Kier molecular flexibility index (Phi) is 3.72. The van der Waals surface area contributed by atoms with Gasteiger partial charge in [-0.15, -0.1) is 0 Å². The first-order valence-electron chi connectivity index (χ1n) is 5.06. The van der Waals surface area contributed by atoms with Crippen LogP contribution in [0.2, 0.25) is 0 Å². The van der Waals surface area contributed by atoms with E-state index in [9.17, 15) is 9.90 Å². The van der Waals surface area contributed by atoms with Gasteiger partial charge in [0, 0.05) is 6.92 Å². The molecular weight excluding hydrogens is 192 g/mol. The highest BCUT2D eigenvalue weighted by Gasteiger charge is 2.09. The van der Waals surface area contributed by atoms with Crippen LogP contribution in [0.3, 0.4) is 0 Å². The molecule has 1 atom stereocenters. The van der Waals surface area contributed by atoms with Crippen molar-refractivity contribution in [3.8, 4) is 11.5 Å². The van der Waals surface area contributed by atoms with Crippen molar-refractivity contribution in [1.82, 2.24) is 0 Å². The normalized spacial score (nSPS) is 12.2. The van der Waals surface area contributed by atoms with Gasteiger partial charge in [-0.3, -0.25) is 4.79 Å². The summed E-state index contributed by atoms with van der Waals surface area (Å²) in [7, 11) is 0. The first-order chi connectivity index (χ1) is 7.04. The third-order valence-electron chi connectivity index (χ3n) is 2.42. The molecule has 0 aliphatic rings. The van der Waals surface area contributed by atoms with E-state index in [1.54, 1.807) is 12.1 Å². The molecule has 0 heterocycles. The minimum Gasteiger partial charge on any atom is -0.504 e. The van der Waals surface area contributed by atoms with Crippen LogP contribution in [0, 0.1) is 0 Å². The molecule has 15 heavy (non-hydrogen) atoms. The molecule has 0 aromatic heterocycles. The molecule has 0 aliphatic heterocycles. The fourth-order valence-corrected chi connectivity index (χ4v) is 1.31. The monoisotopic (exact) mass is 208 g/mol. The summed E-state index contributed by atoms with van der Waals surface area (Å²) in [5, 5.41) is 9.46. The van der Waals surface area contributed by atoms with Gasteiger partial charge in [0.1, 0.15) is 0 Å². The number of carbonyl (C=O) groups excluding carboxylic acids is 1. The molecule has 1 N–H and O–H groups in total. The summed E-state index contributed by atoms with van der Waals surface area (Å²) in [6.07, 6.45) is 1.00. The van der Waals surface area contributed by atoms with E-state index < -0.39 is 5.97 Å². The lowest BCUT2D eigenvalue weighted by Crippen LogP contribution is -2.02. The van der Waals surface area contributed by atoms with Gasteiger partial charge in [-0.05, 0) is 30.0 Å². The minimum absolute atomic E-state index is 0.00254. The van der Waals surface area contributed by atoms with Crippen molar-refractivity contribution in [1.29, 1.82) is 0 Å². The van der Waals surface area contributed by atoms with Gasteiger partial charge < -0.3 is 9.84 Å². The van der Waals surface area contributed by atoms with E-state index in [0.717, 1.165) is 12.0 Å². The smallest absolute Gasteiger partial charge is 0.308 e. The Bertz CT molecular complexity index is 358. The SMILES string of the molecule is CCC(C)c1ccc(O)c(OC(C)=O)c1. The molecule has 0 amide bonds. The van der Waals surface area contributed by atoms with Gasteiger partial charge >= 0.3 is 5.97 Å². The van der Waals surface area contributed by atoms with Crippen LogP contribution in [0.4, 0.5) is 0 Å². The van der Waals surface area contributed by atoms with Crippen LogP contribution in [-0.2, 0) is 4.79 Å². The zero-order valence-corrected chi connectivity index (χ0v) is 9.28. The minimum atomic E-state index is -0.424. The van der Waals surface area contributed by atoms with Crippen molar-refractivity contribution in [3.63, 3.8) is 0 Å². The molecule has 1 rings (SSSR count). The predicted molar refractivity (Wildman–Crippen MR) is 58.1 cm³/mol. The number of esters is 1. The lowest BCUT2D eigenvalue weighted by atomic mass is 9.98. The predicted octanol–water partition coefficient (Wildman–Crippen LogP) is 2.83. The maximum Gasteiger partial charge on any atom is 0.308 e. The number of phenols is 1. The molecule has 0 aliphatic carbocycles. The van der Waals surface area contributed by atoms with Gasteiger partial charge in [-0.1, -0.05) is 19.9 Å². The molecule has 82 valence electrons. The summed E-state index contributed by atoms with van der Waals surface area (Å²) in [5.74, 6) is 0.198. The highest BCUT2D eigenvalue weighted by Crippen LogP contribution is 2.30. The van der Waals surface area contributed by atoms with Crippen molar-refractivity contribution in [3.05, 3.63) is 23.8 Å². The maximum absolute atomic E-state index is 10.8. The summed E-state index contributed by atoms with van der Waals surface area (Å²) < 4.78 is 4.89. The van der Waals surface area contributed by atoms with E-state index in [0.29, 0.717) is 5.92 Å². The summed E-state index contributed by atoms with van der Waals surface area (Å²) in [6, 6.07) is 5.11. The number of ether oxygens (including phenoxy) is 1. The Labute approximate surface area is 89.7 Å². The Morgan fingerprint density at radius 2 is 2.20 bits per heavy atom. The van der Waals surface area contributed by atoms with Gasteiger partial charge in [-0.25, -0.2) is 0 Å². The fourth-order valence-electron chi connectivity index (χ4n) is 1.31. The summed E-state index contributed by atoms with van der Waals surface area (Å²) in [4.78, 5) is 10.8. The highest BCUT2D eigenvalue weighted by molar-refractivity contribution is 5.70. The van der Waals surface area contributed by atoms with E-state index in [4.69, 9.17) is 4.74 Å². The third kappa shape index (κ3) is 2.98. The topological polar surface area (TPSA) is 46.5 Å². The molecule has 3 heteroatoms. The number of rotatable bonds is 3. The van der Waals surface area contributed by atoms with Crippen LogP contribution >= 0.6 is 0 Å². The Hall–Kier alpha value is -1.51. The molecule has 0 radical (unpaired) electrons. The molecule has 1 aromatic rings. The van der Waals surface area contributed by atoms with Crippen LogP contribution in [0.25, 0.3) is 0 Å². The van der Waals surface area contributed by atoms with Crippen molar-refractivity contribution >= 4 is 5.97 Å². The van der Waals surface area contributed by atoms with Gasteiger partial charge in [0.25, 0.3) is 0 Å². The van der Waals surface area contributed by atoms with E-state index in [2.05, 4.69) is 13.8 Å². The second-order valence-electron chi connectivity index (χ2n) is 3.63. The number of phenolic OH excluding ortho intramolecular Hbond substituents is 1. The standard InChI is InChI=1S/C12H16O3/c1-4-8(2)10-5-6-11(14)12(7-10)15-9(3)13/h5-8,14H,4H2,1-3H3. The van der Waals surface area contributed by atoms with Gasteiger partial charge in [0.05, 0.1) is 0 Å². The Morgan fingerprint density at radius 3 is 2.73 bits per heavy atom. The van der Waals surface area contributed by atoms with Gasteiger partial charge in [0.2, 0.25) is 0 Å². The largest absolute Gasteiger partial charge is 0.504 e. The molecular formula is C12H16O3. The lowest BCUT2D eigenvalue weighted by molar-refractivity contribution is -0.132. The van der Waals surface area contributed by atoms with Crippen LogP contribution in [0.15, 0.2) is 18.2 Å². The van der Waals surface area contributed by atoms with Crippen molar-refractivity contribution in [2.24, 2.45) is 0 Å². The van der Waals surface area contributed by atoms with E-state index >= 15 is 0 Å².